The highest BCUT2D eigenvalue weighted by molar-refractivity contribution is 5.75. The molecular weight excluding hydrogens is 681 g/mol. The molecule has 5 heteroatoms. The minimum absolute atomic E-state index is 0.0355. The number of phenols is 1. The number of aromatic hydroxyl groups is 1. The summed E-state index contributed by atoms with van der Waals surface area (Å²) in [7, 11) is 0. The Morgan fingerprint density at radius 2 is 0.891 bits per heavy atom. The van der Waals surface area contributed by atoms with E-state index in [1.54, 1.807) is 24.3 Å². The summed E-state index contributed by atoms with van der Waals surface area (Å²) in [6, 6.07) is 12.2. The van der Waals surface area contributed by atoms with Gasteiger partial charge < -0.3 is 14.6 Å². The minimum atomic E-state index is -0.285. The molecule has 0 unspecified atom stereocenters. The van der Waals surface area contributed by atoms with E-state index < -0.39 is 0 Å². The Morgan fingerprint density at radius 3 is 1.38 bits per heavy atom. The number of rotatable bonds is 32. The molecule has 0 aliphatic heterocycles. The molecule has 0 heterocycles. The third-order valence-corrected chi connectivity index (χ3v) is 9.39. The van der Waals surface area contributed by atoms with Crippen LogP contribution in [0.5, 0.6) is 17.2 Å². The van der Waals surface area contributed by atoms with Crippen LogP contribution in [0.4, 0.5) is 0 Å². The van der Waals surface area contributed by atoms with E-state index in [4.69, 9.17) is 9.47 Å². The van der Waals surface area contributed by atoms with Crippen molar-refractivity contribution in [1.82, 2.24) is 0 Å². The summed E-state index contributed by atoms with van der Waals surface area (Å²) in [5.41, 5.74) is 1.63. The summed E-state index contributed by atoms with van der Waals surface area (Å²) in [5, 5.41) is 10.2. The van der Waals surface area contributed by atoms with Crippen LogP contribution in [0, 0.1) is 0 Å². The van der Waals surface area contributed by atoms with E-state index in [0.29, 0.717) is 29.9 Å². The van der Waals surface area contributed by atoms with Crippen molar-refractivity contribution in [3.8, 4) is 17.2 Å². The first-order valence-electron chi connectivity index (χ1n) is 21.6. The fourth-order valence-electron chi connectivity index (χ4n) is 6.13. The fourth-order valence-corrected chi connectivity index (χ4v) is 6.13. The molecule has 0 aliphatic carbocycles. The van der Waals surface area contributed by atoms with Crippen LogP contribution in [0.3, 0.4) is 0 Å². The third-order valence-electron chi connectivity index (χ3n) is 9.39. The Morgan fingerprint density at radius 1 is 0.473 bits per heavy atom. The van der Waals surface area contributed by atoms with Crippen molar-refractivity contribution in [2.24, 2.45) is 0 Å². The quantitative estimate of drug-likeness (QED) is 0.0265. The van der Waals surface area contributed by atoms with E-state index in [1.165, 1.54) is 83.1 Å². The summed E-state index contributed by atoms with van der Waals surface area (Å²) in [5.74, 6) is 0.408. The molecule has 0 bridgehead atoms. The molecule has 0 atom stereocenters. The van der Waals surface area contributed by atoms with Gasteiger partial charge in [0.2, 0.25) is 0 Å². The predicted molar refractivity (Wildman–Crippen MR) is 233 cm³/mol. The van der Waals surface area contributed by atoms with E-state index in [-0.39, 0.29) is 17.7 Å². The number of phenolic OH excluding ortho intramolecular Hbond substituents is 1. The van der Waals surface area contributed by atoms with Crippen molar-refractivity contribution in [1.29, 1.82) is 0 Å². The van der Waals surface area contributed by atoms with Crippen LogP contribution in [0.1, 0.15) is 179 Å². The fraction of sp³-hybridized carbons (Fsp3) is 0.520. The molecule has 0 amide bonds. The number of carbonyl (C=O) groups excluding carboxylic acids is 2. The van der Waals surface area contributed by atoms with Gasteiger partial charge in [-0.3, -0.25) is 9.59 Å². The SMILES string of the molecule is CCCCC/C=C\C/C=C\CCCCCCCC(=O)Oc1ccc(C=Cc2cc(O)cc(OC(=O)CCCCCCC/C=C\C/C=C\CCCCC)c2)cc1. The molecule has 2 aromatic rings. The molecule has 1 N–H and O–H groups in total. The van der Waals surface area contributed by atoms with Crippen LogP contribution in [0.25, 0.3) is 12.2 Å². The van der Waals surface area contributed by atoms with Crippen molar-refractivity contribution in [3.05, 3.63) is 102 Å². The highest BCUT2D eigenvalue weighted by Crippen LogP contribution is 2.25. The van der Waals surface area contributed by atoms with E-state index in [2.05, 4.69) is 62.5 Å². The Balaban J connectivity index is 1.57. The van der Waals surface area contributed by atoms with E-state index in [0.717, 1.165) is 69.8 Å². The lowest BCUT2D eigenvalue weighted by atomic mass is 10.1. The molecular formula is C50H72O5. The van der Waals surface area contributed by atoms with Crippen molar-refractivity contribution in [3.63, 3.8) is 0 Å². The maximum atomic E-state index is 12.5. The lowest BCUT2D eigenvalue weighted by Crippen LogP contribution is -2.07. The van der Waals surface area contributed by atoms with Gasteiger partial charge in [0.25, 0.3) is 0 Å². The van der Waals surface area contributed by atoms with Gasteiger partial charge in [0.15, 0.2) is 0 Å². The molecule has 2 aromatic carbocycles. The average Bonchev–Trinajstić information content (AvgIpc) is 3.17. The molecule has 0 spiro atoms. The van der Waals surface area contributed by atoms with Crippen LogP contribution in [0.2, 0.25) is 0 Å². The maximum Gasteiger partial charge on any atom is 0.311 e. The lowest BCUT2D eigenvalue weighted by Gasteiger charge is -2.07. The first-order chi connectivity index (χ1) is 27.0. The molecule has 0 saturated heterocycles. The monoisotopic (exact) mass is 753 g/mol. The van der Waals surface area contributed by atoms with Crippen molar-refractivity contribution >= 4 is 24.1 Å². The first kappa shape index (κ1) is 47.0. The molecule has 0 radical (unpaired) electrons. The second-order valence-corrected chi connectivity index (χ2v) is 14.6. The zero-order chi connectivity index (χ0) is 39.4. The van der Waals surface area contributed by atoms with Gasteiger partial charge in [-0.15, -0.1) is 0 Å². The topological polar surface area (TPSA) is 72.8 Å². The van der Waals surface area contributed by atoms with Crippen LogP contribution >= 0.6 is 0 Å². The lowest BCUT2D eigenvalue weighted by molar-refractivity contribution is -0.135. The number of allylic oxidation sites excluding steroid dienone is 8. The number of hydrogen-bond acceptors (Lipinski definition) is 5. The summed E-state index contributed by atoms with van der Waals surface area (Å²) < 4.78 is 11.1. The number of carbonyl (C=O) groups is 2. The van der Waals surface area contributed by atoms with Gasteiger partial charge in [-0.1, -0.05) is 151 Å². The van der Waals surface area contributed by atoms with E-state index >= 15 is 0 Å². The van der Waals surface area contributed by atoms with Crippen LogP contribution in [-0.4, -0.2) is 17.0 Å². The van der Waals surface area contributed by atoms with E-state index in [9.17, 15) is 14.7 Å². The van der Waals surface area contributed by atoms with Gasteiger partial charge in [-0.25, -0.2) is 0 Å². The zero-order valence-corrected chi connectivity index (χ0v) is 34.4. The second-order valence-electron chi connectivity index (χ2n) is 14.6. The summed E-state index contributed by atoms with van der Waals surface area (Å²) in [4.78, 5) is 24.8. The van der Waals surface area contributed by atoms with Gasteiger partial charge in [0, 0.05) is 18.9 Å². The molecule has 0 fully saturated rings. The molecule has 0 saturated carbocycles. The maximum absolute atomic E-state index is 12.5. The van der Waals surface area contributed by atoms with Crippen molar-refractivity contribution in [2.45, 2.75) is 168 Å². The summed E-state index contributed by atoms with van der Waals surface area (Å²) in [6.07, 6.45) is 47.9. The van der Waals surface area contributed by atoms with Gasteiger partial charge in [0.1, 0.15) is 17.2 Å². The first-order valence-corrected chi connectivity index (χ1v) is 21.6. The van der Waals surface area contributed by atoms with E-state index in [1.807, 2.05) is 24.3 Å². The second kappa shape index (κ2) is 33.2. The van der Waals surface area contributed by atoms with Gasteiger partial charge >= 0.3 is 11.9 Å². The third kappa shape index (κ3) is 27.2. The largest absolute Gasteiger partial charge is 0.508 e. The number of esters is 2. The minimum Gasteiger partial charge on any atom is -0.508 e. The zero-order valence-electron chi connectivity index (χ0n) is 34.4. The summed E-state index contributed by atoms with van der Waals surface area (Å²) in [6.45, 7) is 4.47. The number of hydrogen-bond donors (Lipinski definition) is 1. The Kier molecular flexibility index (Phi) is 28.4. The van der Waals surface area contributed by atoms with Gasteiger partial charge in [-0.2, -0.15) is 0 Å². The number of ether oxygens (including phenoxy) is 2. The Bertz CT molecular complexity index is 1430. The Labute approximate surface area is 334 Å². The molecule has 5 nitrogen and oxygen atoms in total. The van der Waals surface area contributed by atoms with Crippen LogP contribution < -0.4 is 9.47 Å². The summed E-state index contributed by atoms with van der Waals surface area (Å²) >= 11 is 0. The number of benzene rings is 2. The standard InChI is InChI=1S/C50H72O5/c1-3-5-7-9-11-13-15-17-19-21-23-25-27-29-31-33-49(52)54-47-39-37-44(38-40-47)35-36-45-41-46(51)43-48(42-45)55-50(53)34-32-30-28-26-24-22-20-18-16-14-12-10-8-6-4-2/h11-14,17-20,35-43,51H,3-10,15-16,21-34H2,1-2H3/b13-11-,14-12-,19-17-,20-18-,36-35?. The molecule has 302 valence electrons. The molecule has 55 heavy (non-hydrogen) atoms. The highest BCUT2D eigenvalue weighted by Gasteiger charge is 2.08. The smallest absolute Gasteiger partial charge is 0.311 e. The van der Waals surface area contributed by atoms with Crippen molar-refractivity contribution < 1.29 is 24.2 Å². The van der Waals surface area contributed by atoms with Crippen molar-refractivity contribution in [2.75, 3.05) is 0 Å². The van der Waals surface area contributed by atoms with Crippen LogP contribution in [0.15, 0.2) is 91.1 Å². The average molecular weight is 753 g/mol. The highest BCUT2D eigenvalue weighted by atomic mass is 16.5. The normalized spacial score (nSPS) is 12.0. The molecule has 2 rings (SSSR count). The van der Waals surface area contributed by atoms with Gasteiger partial charge in [-0.05, 0) is 112 Å². The molecule has 0 aromatic heterocycles. The van der Waals surface area contributed by atoms with Gasteiger partial charge in [0.05, 0.1) is 0 Å². The predicted octanol–water partition coefficient (Wildman–Crippen LogP) is 15.0. The number of unbranched alkanes of at least 4 members (excludes halogenated alkanes) is 16. The van der Waals surface area contributed by atoms with Crippen LogP contribution in [-0.2, 0) is 9.59 Å². The molecule has 0 aliphatic rings. The Hall–Kier alpha value is -4.12.